The van der Waals surface area contributed by atoms with Crippen LogP contribution < -0.4 is 0 Å². The van der Waals surface area contributed by atoms with Crippen LogP contribution in [0.25, 0.3) is 0 Å². The van der Waals surface area contributed by atoms with Crippen LogP contribution in [0.1, 0.15) is 6.92 Å². The summed E-state index contributed by atoms with van der Waals surface area (Å²) in [6.07, 6.45) is 0. The molecule has 0 spiro atoms. The molecule has 1 aliphatic rings. The minimum absolute atomic E-state index is 0.335. The van der Waals surface area contributed by atoms with Crippen LogP contribution in [0.3, 0.4) is 0 Å². The fourth-order valence-corrected chi connectivity index (χ4v) is 0.966. The molecule has 0 saturated carbocycles. The molecule has 0 aromatic carbocycles. The van der Waals surface area contributed by atoms with Gasteiger partial charge in [0, 0.05) is 7.11 Å². The Kier molecular flexibility index (Phi) is 6.12. The van der Waals surface area contributed by atoms with Gasteiger partial charge in [-0.3, -0.25) is 0 Å². The van der Waals surface area contributed by atoms with E-state index in [1.165, 1.54) is 0 Å². The van der Waals surface area contributed by atoms with Gasteiger partial charge in [0.1, 0.15) is 6.61 Å². The smallest absolute Gasteiger partial charge is 0.189 e. The Labute approximate surface area is 90.6 Å². The Morgan fingerprint density at radius 2 is 1.53 bits per heavy atom. The molecule has 1 fully saturated rings. The molecule has 1 rings (SSSR count). The maximum absolute atomic E-state index is 5.38. The highest BCUT2D eigenvalue weighted by atomic mass is 16.8. The molecule has 1 heterocycles. The van der Waals surface area contributed by atoms with E-state index in [0.717, 1.165) is 0 Å². The van der Waals surface area contributed by atoms with Crippen LogP contribution in [0.4, 0.5) is 0 Å². The van der Waals surface area contributed by atoms with Crippen molar-refractivity contribution in [2.24, 2.45) is 0 Å². The second-order valence-electron chi connectivity index (χ2n) is 3.49. The molecule has 15 heavy (non-hydrogen) atoms. The first-order valence-electron chi connectivity index (χ1n) is 5.19. The van der Waals surface area contributed by atoms with E-state index >= 15 is 0 Å². The zero-order chi connectivity index (χ0) is 11.0. The van der Waals surface area contributed by atoms with Crippen molar-refractivity contribution < 1.29 is 23.7 Å². The summed E-state index contributed by atoms with van der Waals surface area (Å²) in [4.78, 5) is 0. The van der Waals surface area contributed by atoms with E-state index in [1.54, 1.807) is 7.11 Å². The van der Waals surface area contributed by atoms with Crippen LogP contribution in [0.15, 0.2) is 0 Å². The van der Waals surface area contributed by atoms with Gasteiger partial charge in [-0.05, 0) is 6.92 Å². The summed E-state index contributed by atoms with van der Waals surface area (Å²) in [5.41, 5.74) is 0. The average Bonchev–Trinajstić information content (AvgIpc) is 2.95. The van der Waals surface area contributed by atoms with Crippen molar-refractivity contribution in [2.45, 2.75) is 12.7 Å². The Bertz CT molecular complexity index is 158. The summed E-state index contributed by atoms with van der Waals surface area (Å²) in [7, 11) is 1.65. The summed E-state index contributed by atoms with van der Waals surface area (Å²) >= 11 is 0. The van der Waals surface area contributed by atoms with Crippen molar-refractivity contribution in [3.8, 4) is 0 Å². The van der Waals surface area contributed by atoms with Gasteiger partial charge in [-0.15, -0.1) is 0 Å². The van der Waals surface area contributed by atoms with E-state index in [9.17, 15) is 0 Å². The fraction of sp³-hybridized carbons (Fsp3) is 1.00. The Morgan fingerprint density at radius 1 is 1.00 bits per heavy atom. The molecule has 0 radical (unpaired) electrons. The predicted octanol–water partition coefficient (Wildman–Crippen LogP) is 0.429. The lowest BCUT2D eigenvalue weighted by molar-refractivity contribution is -0.0598. The van der Waals surface area contributed by atoms with Gasteiger partial charge in [0.25, 0.3) is 0 Å². The second-order valence-corrected chi connectivity index (χ2v) is 3.49. The van der Waals surface area contributed by atoms with E-state index in [0.29, 0.717) is 46.2 Å². The number of hydrogen-bond acceptors (Lipinski definition) is 5. The first-order chi connectivity index (χ1) is 7.27. The number of rotatable bonds is 10. The fourth-order valence-electron chi connectivity index (χ4n) is 0.966. The molecular formula is C10H20O5. The molecule has 0 amide bonds. The molecular weight excluding hydrogens is 200 g/mol. The van der Waals surface area contributed by atoms with Crippen molar-refractivity contribution >= 4 is 0 Å². The normalized spacial score (nSPS) is 24.4. The maximum atomic E-state index is 5.38. The second kappa shape index (κ2) is 7.14. The lowest BCUT2D eigenvalue weighted by Crippen LogP contribution is -2.16. The highest BCUT2D eigenvalue weighted by Gasteiger charge is 2.40. The molecule has 1 unspecified atom stereocenters. The Balaban J connectivity index is 1.70. The highest BCUT2D eigenvalue weighted by molar-refractivity contribution is 4.74. The van der Waals surface area contributed by atoms with Crippen LogP contribution in [0.2, 0.25) is 0 Å². The largest absolute Gasteiger partial charge is 0.382 e. The lowest BCUT2D eigenvalue weighted by atomic mass is 10.5. The van der Waals surface area contributed by atoms with Gasteiger partial charge in [-0.2, -0.15) is 0 Å². The van der Waals surface area contributed by atoms with E-state index in [2.05, 4.69) is 0 Å². The molecule has 0 N–H and O–H groups in total. The van der Waals surface area contributed by atoms with E-state index in [-0.39, 0.29) is 5.79 Å². The molecule has 0 aromatic rings. The van der Waals surface area contributed by atoms with Gasteiger partial charge in [0.2, 0.25) is 0 Å². The highest BCUT2D eigenvalue weighted by Crippen LogP contribution is 2.26. The molecule has 1 saturated heterocycles. The van der Waals surface area contributed by atoms with Crippen LogP contribution in [0, 0.1) is 0 Å². The van der Waals surface area contributed by atoms with E-state index in [4.69, 9.17) is 23.7 Å². The number of methoxy groups -OCH3 is 1. The van der Waals surface area contributed by atoms with Crippen molar-refractivity contribution in [3.63, 3.8) is 0 Å². The van der Waals surface area contributed by atoms with Gasteiger partial charge in [-0.25, -0.2) is 0 Å². The van der Waals surface area contributed by atoms with Crippen LogP contribution >= 0.6 is 0 Å². The predicted molar refractivity (Wildman–Crippen MR) is 53.8 cm³/mol. The van der Waals surface area contributed by atoms with Crippen LogP contribution in [-0.2, 0) is 23.7 Å². The third-order valence-corrected chi connectivity index (χ3v) is 1.99. The van der Waals surface area contributed by atoms with Crippen LogP contribution in [0.5, 0.6) is 0 Å². The summed E-state index contributed by atoms with van der Waals surface area (Å²) in [5, 5.41) is 0. The number of ether oxygens (including phenoxy) is 5. The summed E-state index contributed by atoms with van der Waals surface area (Å²) < 4.78 is 25.8. The lowest BCUT2D eigenvalue weighted by Gasteiger charge is -2.08. The van der Waals surface area contributed by atoms with Gasteiger partial charge in [0.15, 0.2) is 5.79 Å². The Hall–Kier alpha value is -0.200. The van der Waals surface area contributed by atoms with E-state index in [1.807, 2.05) is 6.92 Å². The minimum atomic E-state index is -0.335. The molecule has 0 aromatic heterocycles. The first-order valence-corrected chi connectivity index (χ1v) is 5.19. The molecule has 1 atom stereocenters. The van der Waals surface area contributed by atoms with Crippen molar-refractivity contribution in [3.05, 3.63) is 0 Å². The maximum Gasteiger partial charge on any atom is 0.189 e. The molecule has 5 nitrogen and oxygen atoms in total. The van der Waals surface area contributed by atoms with Gasteiger partial charge >= 0.3 is 0 Å². The number of epoxide rings is 1. The first kappa shape index (κ1) is 12.9. The van der Waals surface area contributed by atoms with Crippen molar-refractivity contribution in [1.29, 1.82) is 0 Å². The SMILES string of the molecule is COCCOCCOCCOC1(C)CO1. The van der Waals surface area contributed by atoms with Crippen LogP contribution in [-0.4, -0.2) is 59.1 Å². The summed E-state index contributed by atoms with van der Waals surface area (Å²) in [5.74, 6) is -0.335. The third-order valence-electron chi connectivity index (χ3n) is 1.99. The van der Waals surface area contributed by atoms with Crippen molar-refractivity contribution in [1.82, 2.24) is 0 Å². The van der Waals surface area contributed by atoms with Gasteiger partial charge < -0.3 is 23.7 Å². The monoisotopic (exact) mass is 220 g/mol. The minimum Gasteiger partial charge on any atom is -0.382 e. The topological polar surface area (TPSA) is 49.5 Å². The number of hydrogen-bond donors (Lipinski definition) is 0. The molecule has 0 aliphatic carbocycles. The van der Waals surface area contributed by atoms with Crippen molar-refractivity contribution in [2.75, 3.05) is 53.4 Å². The summed E-state index contributed by atoms with van der Waals surface area (Å²) in [6.45, 7) is 6.16. The molecule has 90 valence electrons. The van der Waals surface area contributed by atoms with Gasteiger partial charge in [-0.1, -0.05) is 0 Å². The molecule has 5 heteroatoms. The van der Waals surface area contributed by atoms with E-state index < -0.39 is 0 Å². The Morgan fingerprint density at radius 3 is 2.07 bits per heavy atom. The standard InChI is InChI=1S/C10H20O5/c1-10(9-15-10)14-8-7-13-6-5-12-4-3-11-2/h3-9H2,1-2H3. The average molecular weight is 220 g/mol. The van der Waals surface area contributed by atoms with Gasteiger partial charge in [0.05, 0.1) is 39.6 Å². The zero-order valence-corrected chi connectivity index (χ0v) is 9.49. The molecule has 0 bridgehead atoms. The molecule has 1 aliphatic heterocycles. The summed E-state index contributed by atoms with van der Waals surface area (Å²) in [6, 6.07) is 0. The third kappa shape index (κ3) is 6.81. The quantitative estimate of drug-likeness (QED) is 0.395. The zero-order valence-electron chi connectivity index (χ0n) is 9.49.